The quantitative estimate of drug-likeness (QED) is 0.224. The lowest BCUT2D eigenvalue weighted by Gasteiger charge is -2.17. The van der Waals surface area contributed by atoms with Gasteiger partial charge in [0.1, 0.15) is 11.3 Å². The van der Waals surface area contributed by atoms with E-state index in [1.165, 1.54) is 5.56 Å². The lowest BCUT2D eigenvalue weighted by Crippen LogP contribution is -2.31. The number of imide groups is 1. The normalized spacial score (nSPS) is 16.2. The maximum Gasteiger partial charge on any atom is 0.306 e. The van der Waals surface area contributed by atoms with E-state index in [0.717, 1.165) is 35.3 Å². The number of oxime groups is 1. The molecule has 8 heteroatoms. The second kappa shape index (κ2) is 8.78. The Morgan fingerprint density at radius 2 is 1.82 bits per heavy atom. The van der Waals surface area contributed by atoms with Crippen molar-refractivity contribution in [3.05, 3.63) is 70.5 Å². The van der Waals surface area contributed by atoms with E-state index in [-0.39, 0.29) is 36.9 Å². The molecule has 0 radical (unpaired) electrons. The molecule has 1 atom stereocenters. The lowest BCUT2D eigenvalue weighted by molar-refractivity contribution is -0.141. The van der Waals surface area contributed by atoms with Crippen molar-refractivity contribution in [2.45, 2.75) is 38.5 Å². The Balaban J connectivity index is 1.25. The number of aryl methyl sites for hydroxylation is 2. The molecule has 0 unspecified atom stereocenters. The number of hydrogen-bond acceptors (Lipinski definition) is 6. The fourth-order valence-electron chi connectivity index (χ4n) is 4.98. The third-order valence-corrected chi connectivity index (χ3v) is 6.76. The zero-order valence-electron chi connectivity index (χ0n) is 18.5. The van der Waals surface area contributed by atoms with Gasteiger partial charge >= 0.3 is 5.97 Å². The van der Waals surface area contributed by atoms with Crippen LogP contribution in [0.5, 0.6) is 0 Å². The largest absolute Gasteiger partial charge is 0.481 e. The van der Waals surface area contributed by atoms with Gasteiger partial charge in [0.2, 0.25) is 0 Å². The second-order valence-electron chi connectivity index (χ2n) is 8.80. The molecule has 2 N–H and O–H groups in total. The highest BCUT2D eigenvalue weighted by Crippen LogP contribution is 2.33. The first-order valence-corrected chi connectivity index (χ1v) is 11.4. The molecular weight excluding hydrogens is 436 g/mol. The molecule has 0 fully saturated rings. The molecule has 0 bridgehead atoms. The predicted octanol–water partition coefficient (Wildman–Crippen LogP) is 4.27. The number of carboxylic acid groups (broad SMARTS) is 1. The summed E-state index contributed by atoms with van der Waals surface area (Å²) >= 11 is 0. The molecule has 34 heavy (non-hydrogen) atoms. The average molecular weight is 460 g/mol. The zero-order valence-corrected chi connectivity index (χ0v) is 18.5. The standard InChI is InChI=1S/C26H24N2O6/c29-24-19-6-1-2-7-20(19)25(30)28(24)12-4-5-16(26(31)32)13-21(27-33)15-10-11-18-17-8-3-9-22(17)34-23(18)14-15/h1-2,6-7,10-11,14,16,33H,3-5,8-9,12-13H2,(H,31,32)/t16-/m0/s1. The molecule has 1 aromatic heterocycles. The van der Waals surface area contributed by atoms with Crippen molar-refractivity contribution in [1.82, 2.24) is 4.90 Å². The monoisotopic (exact) mass is 460 g/mol. The van der Waals surface area contributed by atoms with Crippen LogP contribution in [0.1, 0.15) is 63.3 Å². The molecule has 0 saturated carbocycles. The van der Waals surface area contributed by atoms with E-state index < -0.39 is 11.9 Å². The molecule has 2 aliphatic rings. The molecule has 0 saturated heterocycles. The molecule has 1 aliphatic heterocycles. The van der Waals surface area contributed by atoms with Crippen molar-refractivity contribution < 1.29 is 29.1 Å². The Bertz CT molecular complexity index is 1300. The summed E-state index contributed by atoms with van der Waals surface area (Å²) in [7, 11) is 0. The molecular formula is C26H24N2O6. The highest BCUT2D eigenvalue weighted by molar-refractivity contribution is 6.21. The summed E-state index contributed by atoms with van der Waals surface area (Å²) in [6.07, 6.45) is 3.53. The molecule has 2 heterocycles. The molecule has 2 aromatic carbocycles. The summed E-state index contributed by atoms with van der Waals surface area (Å²) in [5.74, 6) is -1.58. The van der Waals surface area contributed by atoms with Crippen LogP contribution in [0.3, 0.4) is 0 Å². The van der Waals surface area contributed by atoms with Crippen molar-refractivity contribution in [2.24, 2.45) is 11.1 Å². The van der Waals surface area contributed by atoms with Gasteiger partial charge in [-0.1, -0.05) is 29.4 Å². The number of carbonyl (C=O) groups is 3. The summed E-state index contributed by atoms with van der Waals surface area (Å²) in [6, 6.07) is 12.2. The minimum atomic E-state index is -1.03. The molecule has 0 spiro atoms. The van der Waals surface area contributed by atoms with Crippen molar-refractivity contribution in [3.63, 3.8) is 0 Å². The maximum atomic E-state index is 12.5. The number of benzene rings is 2. The van der Waals surface area contributed by atoms with Crippen LogP contribution in [-0.2, 0) is 17.6 Å². The molecule has 5 rings (SSSR count). The summed E-state index contributed by atoms with van der Waals surface area (Å²) in [5.41, 5.74) is 3.54. The fraction of sp³-hybridized carbons (Fsp3) is 0.308. The number of furan rings is 1. The molecule has 1 aliphatic carbocycles. The van der Waals surface area contributed by atoms with E-state index in [9.17, 15) is 24.7 Å². The second-order valence-corrected chi connectivity index (χ2v) is 8.80. The summed E-state index contributed by atoms with van der Waals surface area (Å²) in [6.45, 7) is 0.131. The van der Waals surface area contributed by atoms with E-state index in [1.807, 2.05) is 12.1 Å². The van der Waals surface area contributed by atoms with Crippen LogP contribution in [-0.4, -0.2) is 45.3 Å². The van der Waals surface area contributed by atoms with Gasteiger partial charge in [0.15, 0.2) is 0 Å². The number of rotatable bonds is 8. The highest BCUT2D eigenvalue weighted by atomic mass is 16.4. The Morgan fingerprint density at radius 1 is 1.09 bits per heavy atom. The number of aliphatic carboxylic acids is 1. The van der Waals surface area contributed by atoms with Gasteiger partial charge in [0, 0.05) is 35.9 Å². The first kappa shape index (κ1) is 21.9. The smallest absolute Gasteiger partial charge is 0.306 e. The van der Waals surface area contributed by atoms with E-state index >= 15 is 0 Å². The third kappa shape index (κ3) is 3.75. The zero-order chi connectivity index (χ0) is 23.8. The molecule has 2 amide bonds. The number of carbonyl (C=O) groups excluding carboxylic acids is 2. The summed E-state index contributed by atoms with van der Waals surface area (Å²) < 4.78 is 5.94. The number of nitrogens with zero attached hydrogens (tertiary/aromatic N) is 2. The van der Waals surface area contributed by atoms with Crippen LogP contribution < -0.4 is 0 Å². The van der Waals surface area contributed by atoms with Gasteiger partial charge < -0.3 is 14.7 Å². The highest BCUT2D eigenvalue weighted by Gasteiger charge is 2.35. The van der Waals surface area contributed by atoms with Crippen LogP contribution in [0.2, 0.25) is 0 Å². The SMILES string of the molecule is O=C(O)[C@@H](CCCN1C(=O)c2ccccc2C1=O)CC(=NO)c1ccc2c3c(oc2c1)CCC3. The minimum Gasteiger partial charge on any atom is -0.481 e. The summed E-state index contributed by atoms with van der Waals surface area (Å²) in [4.78, 5) is 38.1. The van der Waals surface area contributed by atoms with Crippen molar-refractivity contribution in [2.75, 3.05) is 6.54 Å². The number of hydrogen-bond donors (Lipinski definition) is 2. The molecule has 8 nitrogen and oxygen atoms in total. The topological polar surface area (TPSA) is 120 Å². The van der Waals surface area contributed by atoms with Gasteiger partial charge in [0.05, 0.1) is 22.8 Å². The average Bonchev–Trinajstić information content (AvgIpc) is 3.49. The van der Waals surface area contributed by atoms with Crippen molar-refractivity contribution in [1.29, 1.82) is 0 Å². The minimum absolute atomic E-state index is 0.0138. The van der Waals surface area contributed by atoms with Crippen LogP contribution in [0.25, 0.3) is 11.0 Å². The molecule has 3 aromatic rings. The first-order valence-electron chi connectivity index (χ1n) is 11.4. The van der Waals surface area contributed by atoms with E-state index in [4.69, 9.17) is 4.42 Å². The number of carboxylic acids is 1. The van der Waals surface area contributed by atoms with Gasteiger partial charge in [-0.15, -0.1) is 0 Å². The third-order valence-electron chi connectivity index (χ3n) is 6.76. The Morgan fingerprint density at radius 3 is 2.50 bits per heavy atom. The van der Waals surface area contributed by atoms with Crippen LogP contribution in [0, 0.1) is 5.92 Å². The fourth-order valence-corrected chi connectivity index (χ4v) is 4.98. The van der Waals surface area contributed by atoms with Gasteiger partial charge in [-0.05, 0) is 43.9 Å². The van der Waals surface area contributed by atoms with Crippen molar-refractivity contribution in [3.8, 4) is 0 Å². The molecule has 174 valence electrons. The first-order chi connectivity index (χ1) is 16.5. The summed E-state index contributed by atoms with van der Waals surface area (Å²) in [5, 5.41) is 23.8. The van der Waals surface area contributed by atoms with E-state index in [2.05, 4.69) is 5.16 Å². The Hall–Kier alpha value is -3.94. The van der Waals surface area contributed by atoms with Crippen molar-refractivity contribution >= 4 is 34.5 Å². The van der Waals surface area contributed by atoms with Gasteiger partial charge in [-0.25, -0.2) is 0 Å². The number of amides is 2. The van der Waals surface area contributed by atoms with Crippen LogP contribution >= 0.6 is 0 Å². The van der Waals surface area contributed by atoms with E-state index in [1.54, 1.807) is 30.3 Å². The number of fused-ring (bicyclic) bond motifs is 4. The van der Waals surface area contributed by atoms with Gasteiger partial charge in [-0.2, -0.15) is 0 Å². The van der Waals surface area contributed by atoms with Crippen LogP contribution in [0.15, 0.2) is 52.0 Å². The maximum absolute atomic E-state index is 12.5. The van der Waals surface area contributed by atoms with Crippen LogP contribution in [0.4, 0.5) is 0 Å². The Kier molecular flexibility index (Phi) is 5.65. The lowest BCUT2D eigenvalue weighted by atomic mass is 9.93. The Labute approximate surface area is 195 Å². The predicted molar refractivity (Wildman–Crippen MR) is 123 cm³/mol. The van der Waals surface area contributed by atoms with Gasteiger partial charge in [-0.3, -0.25) is 19.3 Å². The van der Waals surface area contributed by atoms with E-state index in [0.29, 0.717) is 28.7 Å². The van der Waals surface area contributed by atoms with Gasteiger partial charge in [0.25, 0.3) is 11.8 Å².